The average molecular weight is 345 g/mol. The minimum Gasteiger partial charge on any atom is -0.406 e. The Hall–Kier alpha value is -1.31. The quantitative estimate of drug-likeness (QED) is 0.824. The molecule has 4 nitrogen and oxygen atoms in total. The molecule has 1 aliphatic heterocycles. The second kappa shape index (κ2) is 7.29. The van der Waals surface area contributed by atoms with E-state index in [1.165, 1.54) is 24.3 Å². The third-order valence-corrected chi connectivity index (χ3v) is 4.49. The van der Waals surface area contributed by atoms with Gasteiger partial charge in [-0.1, -0.05) is 12.1 Å². The van der Waals surface area contributed by atoms with Crippen LogP contribution in [-0.2, 0) is 4.74 Å². The average Bonchev–Trinajstić information content (AvgIpc) is 3.24. The molecule has 2 fully saturated rings. The number of ether oxygens (including phenoxy) is 2. The highest BCUT2D eigenvalue weighted by atomic mass is 19.4. The van der Waals surface area contributed by atoms with Crippen LogP contribution in [0.2, 0.25) is 0 Å². The molecule has 1 aromatic carbocycles. The molecule has 0 bridgehead atoms. The van der Waals surface area contributed by atoms with Gasteiger partial charge in [-0.25, -0.2) is 0 Å². The third kappa shape index (κ3) is 5.09. The van der Waals surface area contributed by atoms with Crippen molar-refractivity contribution in [2.45, 2.75) is 37.8 Å². The molecule has 0 amide bonds. The normalized spacial score (nSPS) is 22.8. The van der Waals surface area contributed by atoms with Crippen LogP contribution >= 0.6 is 0 Å². The van der Waals surface area contributed by atoms with Crippen molar-refractivity contribution in [2.75, 3.05) is 26.3 Å². The molecule has 3 rings (SSSR count). The van der Waals surface area contributed by atoms with Gasteiger partial charge in [0.05, 0.1) is 12.7 Å². The Morgan fingerprint density at radius 1 is 1.21 bits per heavy atom. The molecule has 0 spiro atoms. The number of aliphatic hydroxyl groups excluding tert-OH is 1. The van der Waals surface area contributed by atoms with Gasteiger partial charge in [0.1, 0.15) is 5.75 Å². The number of hydrogen-bond donors (Lipinski definition) is 1. The van der Waals surface area contributed by atoms with Crippen LogP contribution in [0, 0.1) is 5.92 Å². The van der Waals surface area contributed by atoms with E-state index in [2.05, 4.69) is 9.64 Å². The highest BCUT2D eigenvalue weighted by Crippen LogP contribution is 2.31. The van der Waals surface area contributed by atoms with Crippen LogP contribution < -0.4 is 4.74 Å². The van der Waals surface area contributed by atoms with Gasteiger partial charge in [0, 0.05) is 25.7 Å². The molecule has 1 N–H and O–H groups in total. The summed E-state index contributed by atoms with van der Waals surface area (Å²) in [7, 11) is 0. The van der Waals surface area contributed by atoms with Gasteiger partial charge in [-0.05, 0) is 42.9 Å². The Morgan fingerprint density at radius 3 is 2.46 bits per heavy atom. The number of aliphatic hydroxyl groups is 1. The number of hydrogen-bond acceptors (Lipinski definition) is 4. The molecule has 1 saturated carbocycles. The number of rotatable bonds is 7. The van der Waals surface area contributed by atoms with Gasteiger partial charge < -0.3 is 14.6 Å². The molecule has 2 aliphatic rings. The molecule has 1 aliphatic carbocycles. The van der Waals surface area contributed by atoms with E-state index < -0.39 is 12.5 Å². The van der Waals surface area contributed by atoms with Crippen LogP contribution in [0.5, 0.6) is 5.75 Å². The molecule has 1 aromatic rings. The lowest BCUT2D eigenvalue weighted by atomic mass is 10.1. The summed E-state index contributed by atoms with van der Waals surface area (Å²) in [4.78, 5) is 2.28. The fraction of sp³-hybridized carbons (Fsp3) is 0.647. The number of nitrogens with zero attached hydrogens (tertiary/aromatic N) is 1. The van der Waals surface area contributed by atoms with E-state index in [0.717, 1.165) is 39.0 Å². The summed E-state index contributed by atoms with van der Waals surface area (Å²) in [6, 6.07) is 5.94. The van der Waals surface area contributed by atoms with Crippen molar-refractivity contribution in [3.8, 4) is 5.75 Å². The number of halogens is 3. The predicted octanol–water partition coefficient (Wildman–Crippen LogP) is 3.12. The first-order chi connectivity index (χ1) is 11.4. The van der Waals surface area contributed by atoms with Crippen LogP contribution in [-0.4, -0.2) is 48.7 Å². The summed E-state index contributed by atoms with van der Waals surface area (Å²) < 4.78 is 45.8. The Morgan fingerprint density at radius 2 is 1.92 bits per heavy atom. The number of benzene rings is 1. The van der Waals surface area contributed by atoms with Crippen molar-refractivity contribution in [3.63, 3.8) is 0 Å². The molecular formula is C17H22F3NO3. The van der Waals surface area contributed by atoms with Gasteiger partial charge in [-0.2, -0.15) is 0 Å². The first-order valence-corrected chi connectivity index (χ1v) is 8.26. The standard InChI is InChI=1S/C17H22F3NO3/c18-17(19,20)24-15-5-1-13(2-6-15)16(22)10-21(14-3-4-14)9-12-7-8-23-11-12/h1-2,5-6,12,14,16,22H,3-4,7-11H2/t12-,16+/m1/s1. The van der Waals surface area contributed by atoms with Crippen molar-refractivity contribution in [1.29, 1.82) is 0 Å². The van der Waals surface area contributed by atoms with Crippen molar-refractivity contribution < 1.29 is 27.8 Å². The second-order valence-corrected chi connectivity index (χ2v) is 6.55. The molecule has 0 aromatic heterocycles. The lowest BCUT2D eigenvalue weighted by Crippen LogP contribution is -2.35. The highest BCUT2D eigenvalue weighted by molar-refractivity contribution is 5.28. The van der Waals surface area contributed by atoms with Gasteiger partial charge in [0.2, 0.25) is 0 Å². The molecule has 24 heavy (non-hydrogen) atoms. The molecule has 7 heteroatoms. The fourth-order valence-electron chi connectivity index (χ4n) is 3.09. The van der Waals surface area contributed by atoms with Gasteiger partial charge >= 0.3 is 6.36 Å². The zero-order chi connectivity index (χ0) is 17.2. The summed E-state index contributed by atoms with van der Waals surface area (Å²) in [5.74, 6) is 0.223. The number of alkyl halides is 3. The molecule has 134 valence electrons. The van der Waals surface area contributed by atoms with Gasteiger partial charge in [-0.15, -0.1) is 13.2 Å². The van der Waals surface area contributed by atoms with Crippen LogP contribution in [0.25, 0.3) is 0 Å². The molecular weight excluding hydrogens is 323 g/mol. The SMILES string of the molecule is O[C@@H](CN(C[C@H]1CCOC1)C1CC1)c1ccc(OC(F)(F)F)cc1. The van der Waals surface area contributed by atoms with Crippen LogP contribution in [0.1, 0.15) is 30.9 Å². The van der Waals surface area contributed by atoms with Crippen molar-refractivity contribution in [1.82, 2.24) is 4.90 Å². The minimum absolute atomic E-state index is 0.277. The smallest absolute Gasteiger partial charge is 0.406 e. The van der Waals surface area contributed by atoms with E-state index in [0.29, 0.717) is 24.1 Å². The Labute approximate surface area is 139 Å². The Kier molecular flexibility index (Phi) is 5.32. The van der Waals surface area contributed by atoms with E-state index in [1.54, 1.807) is 0 Å². The van der Waals surface area contributed by atoms with Gasteiger partial charge in [0.25, 0.3) is 0 Å². The van der Waals surface area contributed by atoms with E-state index in [-0.39, 0.29) is 5.75 Å². The molecule has 2 atom stereocenters. The largest absolute Gasteiger partial charge is 0.573 e. The molecule has 0 radical (unpaired) electrons. The fourth-order valence-corrected chi connectivity index (χ4v) is 3.09. The Bertz CT molecular complexity index is 525. The van der Waals surface area contributed by atoms with E-state index >= 15 is 0 Å². The summed E-state index contributed by atoms with van der Waals surface area (Å²) >= 11 is 0. The lowest BCUT2D eigenvalue weighted by Gasteiger charge is -2.27. The van der Waals surface area contributed by atoms with Crippen molar-refractivity contribution in [3.05, 3.63) is 29.8 Å². The lowest BCUT2D eigenvalue weighted by molar-refractivity contribution is -0.274. The van der Waals surface area contributed by atoms with E-state index in [4.69, 9.17) is 4.74 Å². The van der Waals surface area contributed by atoms with Crippen molar-refractivity contribution in [2.24, 2.45) is 5.92 Å². The molecule has 1 saturated heterocycles. The summed E-state index contributed by atoms with van der Waals surface area (Å²) in [6.07, 6.45) is -2.11. The topological polar surface area (TPSA) is 41.9 Å². The third-order valence-electron chi connectivity index (χ3n) is 4.49. The van der Waals surface area contributed by atoms with Crippen LogP contribution in [0.4, 0.5) is 13.2 Å². The summed E-state index contributed by atoms with van der Waals surface area (Å²) in [5.41, 5.74) is 0.595. The minimum atomic E-state index is -4.70. The molecule has 0 unspecified atom stereocenters. The summed E-state index contributed by atoms with van der Waals surface area (Å²) in [5, 5.41) is 10.4. The van der Waals surface area contributed by atoms with E-state index in [9.17, 15) is 18.3 Å². The maximum atomic E-state index is 12.2. The van der Waals surface area contributed by atoms with Gasteiger partial charge in [0.15, 0.2) is 0 Å². The van der Waals surface area contributed by atoms with Crippen LogP contribution in [0.15, 0.2) is 24.3 Å². The zero-order valence-electron chi connectivity index (χ0n) is 13.3. The first-order valence-electron chi connectivity index (χ1n) is 8.26. The monoisotopic (exact) mass is 345 g/mol. The Balaban J connectivity index is 1.57. The highest BCUT2D eigenvalue weighted by Gasteiger charge is 2.33. The molecule has 1 heterocycles. The summed E-state index contributed by atoms with van der Waals surface area (Å²) in [6.45, 7) is 2.95. The maximum Gasteiger partial charge on any atom is 0.573 e. The zero-order valence-corrected chi connectivity index (χ0v) is 13.3. The van der Waals surface area contributed by atoms with Crippen molar-refractivity contribution >= 4 is 0 Å². The van der Waals surface area contributed by atoms with Gasteiger partial charge in [-0.3, -0.25) is 4.90 Å². The van der Waals surface area contributed by atoms with E-state index in [1.807, 2.05) is 0 Å². The predicted molar refractivity (Wildman–Crippen MR) is 81.6 cm³/mol. The second-order valence-electron chi connectivity index (χ2n) is 6.55. The maximum absolute atomic E-state index is 12.2. The first kappa shape index (κ1) is 17.5. The van der Waals surface area contributed by atoms with Crippen LogP contribution in [0.3, 0.4) is 0 Å².